The standard InChI is InChI=1S/C21H22N2O/c1-14-8-9-18-16(10-14)17-11-22(2)12-20-21(17)23(18)13-19(24-20)15-6-4-3-5-7-15/h3-10,19-20H,11-13H2,1-2H3. The fraction of sp³-hybridized carbons (Fsp3) is 0.333. The van der Waals surface area contributed by atoms with Crippen molar-refractivity contribution >= 4 is 10.9 Å². The van der Waals surface area contributed by atoms with Crippen molar-refractivity contribution in [3.05, 3.63) is 70.9 Å². The molecular formula is C21H22N2O. The highest BCUT2D eigenvalue weighted by Crippen LogP contribution is 2.43. The molecule has 0 saturated heterocycles. The molecule has 0 aliphatic carbocycles. The molecule has 0 spiro atoms. The average Bonchev–Trinajstić information content (AvgIpc) is 2.90. The van der Waals surface area contributed by atoms with Crippen molar-refractivity contribution in [2.45, 2.75) is 32.2 Å². The number of rotatable bonds is 1. The number of aryl methyl sites for hydroxylation is 1. The van der Waals surface area contributed by atoms with Crippen LogP contribution in [-0.2, 0) is 17.8 Å². The van der Waals surface area contributed by atoms with E-state index in [1.165, 1.54) is 33.3 Å². The van der Waals surface area contributed by atoms with Crippen molar-refractivity contribution in [3.63, 3.8) is 0 Å². The summed E-state index contributed by atoms with van der Waals surface area (Å²) in [7, 11) is 2.19. The Labute approximate surface area is 142 Å². The first kappa shape index (κ1) is 14.3. The minimum absolute atomic E-state index is 0.125. The molecule has 3 nitrogen and oxygen atoms in total. The SMILES string of the molecule is Cc1ccc2c(c1)c1c3n2CC(c2ccccc2)OC3CN(C)C1. The first-order valence-corrected chi connectivity index (χ1v) is 8.71. The highest BCUT2D eigenvalue weighted by molar-refractivity contribution is 5.87. The van der Waals surface area contributed by atoms with Gasteiger partial charge in [-0.3, -0.25) is 4.90 Å². The quantitative estimate of drug-likeness (QED) is 0.669. The minimum Gasteiger partial charge on any atom is -0.361 e. The molecular weight excluding hydrogens is 296 g/mol. The number of benzene rings is 2. The topological polar surface area (TPSA) is 17.4 Å². The van der Waals surface area contributed by atoms with E-state index < -0.39 is 0 Å². The molecule has 1 aromatic heterocycles. The van der Waals surface area contributed by atoms with Crippen molar-refractivity contribution in [3.8, 4) is 0 Å². The van der Waals surface area contributed by atoms with Gasteiger partial charge in [0.25, 0.3) is 0 Å². The second kappa shape index (κ2) is 5.20. The van der Waals surface area contributed by atoms with Gasteiger partial charge in [-0.05, 0) is 37.2 Å². The van der Waals surface area contributed by atoms with Gasteiger partial charge in [0.15, 0.2) is 0 Å². The van der Waals surface area contributed by atoms with Gasteiger partial charge < -0.3 is 9.30 Å². The van der Waals surface area contributed by atoms with E-state index in [2.05, 4.69) is 72.0 Å². The summed E-state index contributed by atoms with van der Waals surface area (Å²) in [6.45, 7) is 5.05. The van der Waals surface area contributed by atoms with Crippen molar-refractivity contribution in [1.82, 2.24) is 9.47 Å². The zero-order valence-electron chi connectivity index (χ0n) is 14.2. The van der Waals surface area contributed by atoms with Crippen LogP contribution in [0.25, 0.3) is 10.9 Å². The highest BCUT2D eigenvalue weighted by atomic mass is 16.5. The molecule has 0 radical (unpaired) electrons. The molecule has 2 aromatic carbocycles. The maximum Gasteiger partial charge on any atom is 0.111 e. The summed E-state index contributed by atoms with van der Waals surface area (Å²) < 4.78 is 9.06. The summed E-state index contributed by atoms with van der Waals surface area (Å²) in [6.07, 6.45) is 0.283. The van der Waals surface area contributed by atoms with Crippen LogP contribution in [-0.4, -0.2) is 23.1 Å². The Morgan fingerprint density at radius 2 is 1.83 bits per heavy atom. The van der Waals surface area contributed by atoms with Crippen LogP contribution in [0.2, 0.25) is 0 Å². The number of nitrogens with zero attached hydrogens (tertiary/aromatic N) is 2. The molecule has 5 rings (SSSR count). The van der Waals surface area contributed by atoms with Gasteiger partial charge in [0, 0.05) is 24.0 Å². The lowest BCUT2D eigenvalue weighted by molar-refractivity contribution is -0.0671. The molecule has 0 N–H and O–H groups in total. The summed E-state index contributed by atoms with van der Waals surface area (Å²) in [5.74, 6) is 0. The van der Waals surface area contributed by atoms with E-state index in [1.54, 1.807) is 0 Å². The molecule has 2 aliphatic rings. The van der Waals surface area contributed by atoms with Crippen LogP contribution in [0.5, 0.6) is 0 Å². The summed E-state index contributed by atoms with van der Waals surface area (Å²) in [6, 6.07) is 17.5. The van der Waals surface area contributed by atoms with Gasteiger partial charge in [-0.1, -0.05) is 42.0 Å². The second-order valence-corrected chi connectivity index (χ2v) is 7.22. The number of fused-ring (bicyclic) bond motifs is 3. The molecule has 0 amide bonds. The molecule has 3 aromatic rings. The van der Waals surface area contributed by atoms with Crippen LogP contribution in [0.15, 0.2) is 48.5 Å². The molecule has 0 fully saturated rings. The Hall–Kier alpha value is -2.10. The van der Waals surface area contributed by atoms with Crippen LogP contribution in [0.3, 0.4) is 0 Å². The van der Waals surface area contributed by atoms with Crippen molar-refractivity contribution in [1.29, 1.82) is 0 Å². The van der Waals surface area contributed by atoms with Crippen LogP contribution in [0.1, 0.15) is 34.6 Å². The van der Waals surface area contributed by atoms with E-state index in [-0.39, 0.29) is 12.2 Å². The molecule has 2 unspecified atom stereocenters. The largest absolute Gasteiger partial charge is 0.361 e. The monoisotopic (exact) mass is 318 g/mol. The number of hydrogen-bond donors (Lipinski definition) is 0. The van der Waals surface area contributed by atoms with E-state index in [9.17, 15) is 0 Å². The first-order valence-electron chi connectivity index (χ1n) is 8.71. The maximum absolute atomic E-state index is 6.55. The Bertz CT molecular complexity index is 912. The van der Waals surface area contributed by atoms with Crippen LogP contribution >= 0.6 is 0 Å². The molecule has 24 heavy (non-hydrogen) atoms. The van der Waals surface area contributed by atoms with E-state index in [4.69, 9.17) is 4.74 Å². The minimum atomic E-state index is 0.125. The number of aromatic nitrogens is 1. The van der Waals surface area contributed by atoms with E-state index in [1.807, 2.05) is 0 Å². The fourth-order valence-electron chi connectivity index (χ4n) is 4.36. The maximum atomic E-state index is 6.55. The summed E-state index contributed by atoms with van der Waals surface area (Å²) >= 11 is 0. The highest BCUT2D eigenvalue weighted by Gasteiger charge is 2.36. The summed E-state index contributed by atoms with van der Waals surface area (Å²) in [5, 5.41) is 1.40. The lowest BCUT2D eigenvalue weighted by atomic mass is 10.00. The number of hydrogen-bond acceptors (Lipinski definition) is 2. The number of likely N-dealkylation sites (N-methyl/N-ethyl adjacent to an activating group) is 1. The van der Waals surface area contributed by atoms with E-state index in [0.717, 1.165) is 19.6 Å². The molecule has 3 heterocycles. The molecule has 2 atom stereocenters. The van der Waals surface area contributed by atoms with Gasteiger partial charge in [-0.2, -0.15) is 0 Å². The average molecular weight is 318 g/mol. The predicted molar refractivity (Wildman–Crippen MR) is 96.0 cm³/mol. The van der Waals surface area contributed by atoms with Gasteiger partial charge in [0.2, 0.25) is 0 Å². The third-order valence-corrected chi connectivity index (χ3v) is 5.43. The lowest BCUT2D eigenvalue weighted by Crippen LogP contribution is -2.37. The van der Waals surface area contributed by atoms with Crippen LogP contribution < -0.4 is 0 Å². The van der Waals surface area contributed by atoms with Crippen molar-refractivity contribution < 1.29 is 4.74 Å². The van der Waals surface area contributed by atoms with Crippen LogP contribution in [0.4, 0.5) is 0 Å². The fourth-order valence-corrected chi connectivity index (χ4v) is 4.36. The Morgan fingerprint density at radius 1 is 1.00 bits per heavy atom. The molecule has 122 valence electrons. The third kappa shape index (κ3) is 2.05. The predicted octanol–water partition coefficient (Wildman–Crippen LogP) is 4.21. The van der Waals surface area contributed by atoms with Gasteiger partial charge in [0.1, 0.15) is 12.2 Å². The zero-order valence-corrected chi connectivity index (χ0v) is 14.2. The van der Waals surface area contributed by atoms with Crippen molar-refractivity contribution in [2.24, 2.45) is 0 Å². The zero-order chi connectivity index (χ0) is 16.3. The Kier molecular flexibility index (Phi) is 3.09. The molecule has 0 saturated carbocycles. The van der Waals surface area contributed by atoms with Gasteiger partial charge in [0.05, 0.1) is 12.2 Å². The smallest absolute Gasteiger partial charge is 0.111 e. The van der Waals surface area contributed by atoms with Gasteiger partial charge in [-0.25, -0.2) is 0 Å². The van der Waals surface area contributed by atoms with Crippen molar-refractivity contribution in [2.75, 3.05) is 13.6 Å². The molecule has 3 heteroatoms. The summed E-state index contributed by atoms with van der Waals surface area (Å²) in [5.41, 5.74) is 6.81. The first-order chi connectivity index (χ1) is 11.7. The Morgan fingerprint density at radius 3 is 2.67 bits per heavy atom. The van der Waals surface area contributed by atoms with Gasteiger partial charge in [-0.15, -0.1) is 0 Å². The lowest BCUT2D eigenvalue weighted by Gasteiger charge is -2.38. The normalized spacial score (nSPS) is 23.4. The van der Waals surface area contributed by atoms with Crippen LogP contribution in [0, 0.1) is 6.92 Å². The second-order valence-electron chi connectivity index (χ2n) is 7.22. The number of ether oxygens (including phenoxy) is 1. The van der Waals surface area contributed by atoms with E-state index >= 15 is 0 Å². The third-order valence-electron chi connectivity index (χ3n) is 5.43. The molecule has 2 aliphatic heterocycles. The molecule has 0 bridgehead atoms. The van der Waals surface area contributed by atoms with Gasteiger partial charge >= 0.3 is 0 Å². The van der Waals surface area contributed by atoms with E-state index in [0.29, 0.717) is 0 Å². The summed E-state index contributed by atoms with van der Waals surface area (Å²) in [4.78, 5) is 2.38. The Balaban J connectivity index is 1.71.